The molecule has 1 N–H and O–H groups in total. The Bertz CT molecular complexity index is 640. The Morgan fingerprint density at radius 1 is 1.08 bits per heavy atom. The van der Waals surface area contributed by atoms with Crippen LogP contribution in [0, 0.1) is 0 Å². The molecule has 0 heterocycles. The molecular weight excluding hydrogens is 318 g/mol. The number of unbranched alkanes of at least 4 members (excludes halogenated alkanes) is 1. The van der Waals surface area contributed by atoms with Crippen molar-refractivity contribution < 1.29 is 9.53 Å². The minimum Gasteiger partial charge on any atom is -0.466 e. The van der Waals surface area contributed by atoms with Gasteiger partial charge in [0.1, 0.15) is 0 Å². The van der Waals surface area contributed by atoms with Crippen molar-refractivity contribution in [1.82, 2.24) is 0 Å². The zero-order valence-corrected chi connectivity index (χ0v) is 15.2. The average molecular weight is 343 g/mol. The molecule has 0 bridgehead atoms. The van der Waals surface area contributed by atoms with Crippen molar-refractivity contribution in [2.24, 2.45) is 0 Å². The molecule has 2 aromatic rings. The normalized spacial score (nSPS) is 10.4. The first-order valence-electron chi connectivity index (χ1n) is 8.47. The molecular formula is C20H25NO2S. The maximum absolute atomic E-state index is 11.6. The van der Waals surface area contributed by atoms with Crippen LogP contribution < -0.4 is 5.32 Å². The maximum Gasteiger partial charge on any atom is 0.310 e. The summed E-state index contributed by atoms with van der Waals surface area (Å²) in [6, 6.07) is 16.5. The van der Waals surface area contributed by atoms with Gasteiger partial charge in [-0.3, -0.25) is 4.79 Å². The van der Waals surface area contributed by atoms with E-state index < -0.39 is 0 Å². The second-order valence-electron chi connectivity index (χ2n) is 5.54. The van der Waals surface area contributed by atoms with Crippen LogP contribution in [0.25, 0.3) is 0 Å². The second-order valence-corrected chi connectivity index (χ2v) is 6.68. The van der Waals surface area contributed by atoms with Crippen LogP contribution in [0.4, 0.5) is 5.69 Å². The fourth-order valence-corrected chi connectivity index (χ4v) is 3.19. The summed E-state index contributed by atoms with van der Waals surface area (Å²) in [4.78, 5) is 13.9. The predicted octanol–water partition coefficient (Wildman–Crippen LogP) is 5.16. The molecule has 0 fully saturated rings. The monoisotopic (exact) mass is 343 g/mol. The number of rotatable bonds is 9. The van der Waals surface area contributed by atoms with Crippen LogP contribution in [0.2, 0.25) is 0 Å². The van der Waals surface area contributed by atoms with Gasteiger partial charge in [0.05, 0.1) is 13.0 Å². The van der Waals surface area contributed by atoms with Crippen LogP contribution in [0.15, 0.2) is 58.3 Å². The van der Waals surface area contributed by atoms with Crippen LogP contribution in [-0.4, -0.2) is 19.1 Å². The quantitative estimate of drug-likeness (QED) is 0.504. The molecule has 4 heteroatoms. The van der Waals surface area contributed by atoms with Gasteiger partial charge in [0.25, 0.3) is 0 Å². The number of esters is 1. The first-order valence-corrected chi connectivity index (χ1v) is 9.29. The average Bonchev–Trinajstić information content (AvgIpc) is 2.57. The summed E-state index contributed by atoms with van der Waals surface area (Å²) in [5.74, 6) is -0.179. The summed E-state index contributed by atoms with van der Waals surface area (Å²) in [6.45, 7) is 5.45. The van der Waals surface area contributed by atoms with Crippen molar-refractivity contribution in [1.29, 1.82) is 0 Å². The molecule has 0 atom stereocenters. The fourth-order valence-electron chi connectivity index (χ4n) is 2.28. The summed E-state index contributed by atoms with van der Waals surface area (Å²) in [5, 5.41) is 3.42. The lowest BCUT2D eigenvalue weighted by molar-refractivity contribution is -0.142. The number of ether oxygens (including phenoxy) is 1. The van der Waals surface area contributed by atoms with Crippen molar-refractivity contribution in [2.45, 2.75) is 42.9 Å². The molecule has 0 amide bonds. The summed E-state index contributed by atoms with van der Waals surface area (Å²) in [7, 11) is 0. The summed E-state index contributed by atoms with van der Waals surface area (Å²) < 4.78 is 5.00. The zero-order chi connectivity index (χ0) is 17.2. The van der Waals surface area contributed by atoms with Crippen molar-refractivity contribution in [3.63, 3.8) is 0 Å². The third-order valence-electron chi connectivity index (χ3n) is 3.50. The standard InChI is InChI=1S/C20H25NO2S/c1-3-5-13-21-17-9-11-18(12-10-17)24-19-8-6-7-16(14-19)15-20(22)23-4-2/h6-12,14,21H,3-5,13,15H2,1-2H3. The molecule has 3 nitrogen and oxygen atoms in total. The van der Waals surface area contributed by atoms with E-state index in [4.69, 9.17) is 4.74 Å². The molecule has 0 aromatic heterocycles. The minimum atomic E-state index is -0.179. The van der Waals surface area contributed by atoms with Gasteiger partial charge in [-0.1, -0.05) is 37.2 Å². The van der Waals surface area contributed by atoms with E-state index in [2.05, 4.69) is 48.6 Å². The molecule has 0 unspecified atom stereocenters. The number of anilines is 1. The molecule has 2 rings (SSSR count). The van der Waals surface area contributed by atoms with E-state index in [0.29, 0.717) is 13.0 Å². The molecule has 0 spiro atoms. The SMILES string of the molecule is CCCCNc1ccc(Sc2cccc(CC(=O)OCC)c2)cc1. The Morgan fingerprint density at radius 2 is 1.88 bits per heavy atom. The maximum atomic E-state index is 11.6. The minimum absolute atomic E-state index is 0.179. The van der Waals surface area contributed by atoms with Gasteiger partial charge < -0.3 is 10.1 Å². The third-order valence-corrected chi connectivity index (χ3v) is 4.50. The van der Waals surface area contributed by atoms with Crippen LogP contribution >= 0.6 is 11.8 Å². The van der Waals surface area contributed by atoms with Crippen LogP contribution in [0.3, 0.4) is 0 Å². The van der Waals surface area contributed by atoms with Gasteiger partial charge in [0.2, 0.25) is 0 Å². The number of hydrogen-bond donors (Lipinski definition) is 1. The van der Waals surface area contributed by atoms with Gasteiger partial charge in [0.15, 0.2) is 0 Å². The van der Waals surface area contributed by atoms with E-state index >= 15 is 0 Å². The van der Waals surface area contributed by atoms with Crippen molar-refractivity contribution in [2.75, 3.05) is 18.5 Å². The summed E-state index contributed by atoms with van der Waals surface area (Å²) in [6.07, 6.45) is 2.70. The molecule has 128 valence electrons. The van der Waals surface area contributed by atoms with Crippen molar-refractivity contribution in [3.05, 3.63) is 54.1 Å². The first kappa shape index (κ1) is 18.4. The molecule has 0 radical (unpaired) electrons. The predicted molar refractivity (Wildman–Crippen MR) is 101 cm³/mol. The van der Waals surface area contributed by atoms with Gasteiger partial charge in [0, 0.05) is 22.0 Å². The van der Waals surface area contributed by atoms with E-state index in [1.807, 2.05) is 19.1 Å². The molecule has 2 aromatic carbocycles. The highest BCUT2D eigenvalue weighted by atomic mass is 32.2. The van der Waals surface area contributed by atoms with Gasteiger partial charge in [-0.2, -0.15) is 0 Å². The number of carbonyl (C=O) groups excluding carboxylic acids is 1. The van der Waals surface area contributed by atoms with Crippen LogP contribution in [-0.2, 0) is 16.0 Å². The topological polar surface area (TPSA) is 38.3 Å². The molecule has 0 aliphatic rings. The molecule has 0 aliphatic carbocycles. The van der Waals surface area contributed by atoms with Crippen molar-refractivity contribution in [3.8, 4) is 0 Å². The third kappa shape index (κ3) is 6.28. The lowest BCUT2D eigenvalue weighted by atomic mass is 10.1. The highest BCUT2D eigenvalue weighted by Crippen LogP contribution is 2.29. The number of hydrogen-bond acceptors (Lipinski definition) is 4. The Labute approximate surface area is 148 Å². The molecule has 0 aliphatic heterocycles. The van der Waals surface area contributed by atoms with Gasteiger partial charge in [-0.05, 0) is 55.3 Å². The van der Waals surface area contributed by atoms with E-state index in [0.717, 1.165) is 22.7 Å². The van der Waals surface area contributed by atoms with Gasteiger partial charge in [-0.15, -0.1) is 0 Å². The van der Waals surface area contributed by atoms with E-state index in [1.54, 1.807) is 11.8 Å². The van der Waals surface area contributed by atoms with Gasteiger partial charge >= 0.3 is 5.97 Å². The van der Waals surface area contributed by atoms with Gasteiger partial charge in [-0.25, -0.2) is 0 Å². The Kier molecular flexibility index (Phi) is 7.69. The van der Waals surface area contributed by atoms with Crippen molar-refractivity contribution >= 4 is 23.4 Å². The highest BCUT2D eigenvalue weighted by molar-refractivity contribution is 7.99. The molecule has 0 saturated heterocycles. The number of benzene rings is 2. The first-order chi connectivity index (χ1) is 11.7. The number of nitrogens with one attached hydrogen (secondary N) is 1. The lowest BCUT2D eigenvalue weighted by Gasteiger charge is -2.08. The Hall–Kier alpha value is -1.94. The lowest BCUT2D eigenvalue weighted by Crippen LogP contribution is -2.07. The van der Waals surface area contributed by atoms with Crippen LogP contribution in [0.5, 0.6) is 0 Å². The fraction of sp³-hybridized carbons (Fsp3) is 0.350. The largest absolute Gasteiger partial charge is 0.466 e. The Morgan fingerprint density at radius 3 is 2.58 bits per heavy atom. The summed E-state index contributed by atoms with van der Waals surface area (Å²) >= 11 is 1.70. The van der Waals surface area contributed by atoms with Crippen LogP contribution in [0.1, 0.15) is 32.3 Å². The summed E-state index contributed by atoms with van der Waals surface area (Å²) in [5.41, 5.74) is 2.14. The smallest absolute Gasteiger partial charge is 0.310 e. The highest BCUT2D eigenvalue weighted by Gasteiger charge is 2.05. The van der Waals surface area contributed by atoms with E-state index in [1.165, 1.54) is 17.7 Å². The second kappa shape index (κ2) is 10.0. The molecule has 24 heavy (non-hydrogen) atoms. The molecule has 0 saturated carbocycles. The van der Waals surface area contributed by atoms with E-state index in [9.17, 15) is 4.79 Å². The number of carbonyl (C=O) groups is 1. The zero-order valence-electron chi connectivity index (χ0n) is 14.4. The van der Waals surface area contributed by atoms with E-state index in [-0.39, 0.29) is 5.97 Å². The Balaban J connectivity index is 1.94.